The molecule has 0 saturated carbocycles. The molecule has 0 amide bonds. The van der Waals surface area contributed by atoms with Crippen molar-refractivity contribution in [2.45, 2.75) is 37.6 Å². The normalized spacial score (nSPS) is 13.8. The number of carboxylic acids is 1. The summed E-state index contributed by atoms with van der Waals surface area (Å²) in [5.41, 5.74) is 0. The average Bonchev–Trinajstić information content (AvgIpc) is 2.77. The van der Waals surface area contributed by atoms with Gasteiger partial charge in [-0.3, -0.25) is 0 Å². The van der Waals surface area contributed by atoms with Crippen molar-refractivity contribution in [2.24, 2.45) is 0 Å². The molecule has 0 bridgehead atoms. The summed E-state index contributed by atoms with van der Waals surface area (Å²) in [6.07, 6.45) is 1.61. The van der Waals surface area contributed by atoms with Crippen LogP contribution in [0.5, 0.6) is 0 Å². The Balaban J connectivity index is 3.13. The number of thiophene rings is 1. The molecule has 1 unspecified atom stereocenters. The van der Waals surface area contributed by atoms with Gasteiger partial charge in [0.25, 0.3) is 0 Å². The highest BCUT2D eigenvalue weighted by Gasteiger charge is 2.30. The van der Waals surface area contributed by atoms with Crippen LogP contribution in [0.1, 0.15) is 36.4 Å². The van der Waals surface area contributed by atoms with Gasteiger partial charge in [-0.05, 0) is 24.8 Å². The lowest BCUT2D eigenvalue weighted by atomic mass is 10.2. The van der Waals surface area contributed by atoms with Gasteiger partial charge in [-0.25, -0.2) is 13.2 Å². The number of rotatable bonds is 6. The first kappa shape index (κ1) is 15.1. The topological polar surface area (TPSA) is 74.7 Å². The van der Waals surface area contributed by atoms with Gasteiger partial charge in [0.15, 0.2) is 0 Å². The molecule has 1 atom stereocenters. The maximum atomic E-state index is 12.3. The Morgan fingerprint density at radius 3 is 2.67 bits per heavy atom. The Morgan fingerprint density at radius 2 is 2.17 bits per heavy atom. The fraction of sp³-hybridized carbons (Fsp3) is 0.545. The van der Waals surface area contributed by atoms with Gasteiger partial charge >= 0.3 is 5.97 Å². The van der Waals surface area contributed by atoms with Gasteiger partial charge in [0, 0.05) is 13.1 Å². The van der Waals surface area contributed by atoms with E-state index in [0.717, 1.165) is 24.2 Å². The van der Waals surface area contributed by atoms with Crippen LogP contribution in [0.3, 0.4) is 0 Å². The van der Waals surface area contributed by atoms with Crippen LogP contribution in [0.4, 0.5) is 0 Å². The van der Waals surface area contributed by atoms with Crippen LogP contribution in [-0.2, 0) is 10.0 Å². The van der Waals surface area contributed by atoms with Crippen molar-refractivity contribution in [3.8, 4) is 0 Å². The lowest BCUT2D eigenvalue weighted by molar-refractivity contribution is 0.0698. The zero-order valence-electron chi connectivity index (χ0n) is 10.6. The van der Waals surface area contributed by atoms with E-state index in [2.05, 4.69) is 0 Å². The van der Waals surface area contributed by atoms with Gasteiger partial charge < -0.3 is 5.11 Å². The van der Waals surface area contributed by atoms with Crippen LogP contribution in [0, 0.1) is 0 Å². The van der Waals surface area contributed by atoms with E-state index in [4.69, 9.17) is 5.11 Å². The van der Waals surface area contributed by atoms with Crippen molar-refractivity contribution >= 4 is 27.3 Å². The summed E-state index contributed by atoms with van der Waals surface area (Å²) in [4.78, 5) is 10.7. The Morgan fingerprint density at radius 1 is 1.56 bits per heavy atom. The van der Waals surface area contributed by atoms with E-state index in [1.54, 1.807) is 0 Å². The van der Waals surface area contributed by atoms with E-state index in [1.807, 2.05) is 13.8 Å². The number of hydrogen-bond acceptors (Lipinski definition) is 4. The van der Waals surface area contributed by atoms with E-state index in [9.17, 15) is 13.2 Å². The molecular weight excluding hydrogens is 274 g/mol. The van der Waals surface area contributed by atoms with Crippen molar-refractivity contribution in [3.63, 3.8) is 0 Å². The Hall–Kier alpha value is -0.920. The van der Waals surface area contributed by atoms with Gasteiger partial charge in [0.2, 0.25) is 10.0 Å². The van der Waals surface area contributed by atoms with Gasteiger partial charge in [-0.15, -0.1) is 11.3 Å². The highest BCUT2D eigenvalue weighted by Crippen LogP contribution is 2.26. The fourth-order valence-corrected chi connectivity index (χ4v) is 4.27. The highest BCUT2D eigenvalue weighted by atomic mass is 32.2. The molecule has 0 aliphatic rings. The molecule has 0 saturated heterocycles. The van der Waals surface area contributed by atoms with Gasteiger partial charge in [0.1, 0.15) is 9.77 Å². The van der Waals surface area contributed by atoms with E-state index < -0.39 is 16.0 Å². The standard InChI is InChI=1S/C11H17NO4S2/c1-4-5-8(2)12(3)18(15,16)9-6-7-17-10(9)11(13)14/h6-8H,4-5H2,1-3H3,(H,13,14). The van der Waals surface area contributed by atoms with Crippen molar-refractivity contribution in [1.82, 2.24) is 4.31 Å². The first-order valence-electron chi connectivity index (χ1n) is 5.61. The molecule has 0 spiro atoms. The molecule has 0 aromatic carbocycles. The predicted octanol–water partition coefficient (Wildman–Crippen LogP) is 2.26. The zero-order valence-corrected chi connectivity index (χ0v) is 12.2. The highest BCUT2D eigenvalue weighted by molar-refractivity contribution is 7.89. The van der Waals surface area contributed by atoms with Crippen molar-refractivity contribution in [3.05, 3.63) is 16.3 Å². The van der Waals surface area contributed by atoms with Crippen LogP contribution in [-0.4, -0.2) is 36.9 Å². The minimum atomic E-state index is -3.73. The number of hydrogen-bond donors (Lipinski definition) is 1. The predicted molar refractivity (Wildman–Crippen MR) is 70.6 cm³/mol. The summed E-state index contributed by atoms with van der Waals surface area (Å²) in [5.74, 6) is -1.21. The first-order chi connectivity index (χ1) is 8.32. The molecule has 18 heavy (non-hydrogen) atoms. The maximum absolute atomic E-state index is 12.3. The minimum absolute atomic E-state index is 0.120. The van der Waals surface area contributed by atoms with E-state index >= 15 is 0 Å². The second-order valence-electron chi connectivity index (χ2n) is 4.08. The monoisotopic (exact) mass is 291 g/mol. The molecule has 7 heteroatoms. The molecule has 0 fully saturated rings. The van der Waals surface area contributed by atoms with Gasteiger partial charge in [-0.2, -0.15) is 4.31 Å². The second kappa shape index (κ2) is 5.81. The molecule has 0 radical (unpaired) electrons. The summed E-state index contributed by atoms with van der Waals surface area (Å²) in [6, 6.07) is 1.19. The third-order valence-electron chi connectivity index (χ3n) is 2.81. The van der Waals surface area contributed by atoms with Crippen LogP contribution >= 0.6 is 11.3 Å². The van der Waals surface area contributed by atoms with Crippen LogP contribution in [0.25, 0.3) is 0 Å². The Labute approximate surface area is 111 Å². The lowest BCUT2D eigenvalue weighted by Crippen LogP contribution is -2.35. The van der Waals surface area contributed by atoms with Gasteiger partial charge in [0.05, 0.1) is 0 Å². The minimum Gasteiger partial charge on any atom is -0.477 e. The smallest absolute Gasteiger partial charge is 0.347 e. The lowest BCUT2D eigenvalue weighted by Gasteiger charge is -2.23. The third kappa shape index (κ3) is 2.90. The van der Waals surface area contributed by atoms with E-state index in [-0.39, 0.29) is 15.8 Å². The van der Waals surface area contributed by atoms with Crippen molar-refractivity contribution in [2.75, 3.05) is 7.05 Å². The van der Waals surface area contributed by atoms with Crippen LogP contribution in [0.15, 0.2) is 16.3 Å². The first-order valence-corrected chi connectivity index (χ1v) is 7.93. The molecule has 0 aliphatic heterocycles. The van der Waals surface area contributed by atoms with Crippen LogP contribution < -0.4 is 0 Å². The Bertz CT molecular complexity index is 521. The van der Waals surface area contributed by atoms with E-state index in [1.165, 1.54) is 22.8 Å². The molecule has 1 aromatic heterocycles. The molecule has 0 aliphatic carbocycles. The average molecular weight is 291 g/mol. The maximum Gasteiger partial charge on any atom is 0.347 e. The van der Waals surface area contributed by atoms with Crippen molar-refractivity contribution in [1.29, 1.82) is 0 Å². The molecule has 1 heterocycles. The second-order valence-corrected chi connectivity index (χ2v) is 6.96. The molecule has 5 nitrogen and oxygen atoms in total. The van der Waals surface area contributed by atoms with Crippen molar-refractivity contribution < 1.29 is 18.3 Å². The summed E-state index contributed by atoms with van der Waals surface area (Å²) in [7, 11) is -2.24. The number of sulfonamides is 1. The summed E-state index contributed by atoms with van der Waals surface area (Å²) >= 11 is 0.922. The molecule has 1 N–H and O–H groups in total. The molecule has 1 rings (SSSR count). The fourth-order valence-electron chi connectivity index (χ4n) is 1.65. The number of carboxylic acid groups (broad SMARTS) is 1. The zero-order chi connectivity index (χ0) is 13.9. The number of aromatic carboxylic acids is 1. The van der Waals surface area contributed by atoms with E-state index in [0.29, 0.717) is 0 Å². The quantitative estimate of drug-likeness (QED) is 0.872. The van der Waals surface area contributed by atoms with Gasteiger partial charge in [-0.1, -0.05) is 13.3 Å². The van der Waals surface area contributed by atoms with Crippen LogP contribution in [0.2, 0.25) is 0 Å². The number of carbonyl (C=O) groups is 1. The molecule has 1 aromatic rings. The summed E-state index contributed by atoms with van der Waals surface area (Å²) in [6.45, 7) is 3.79. The largest absolute Gasteiger partial charge is 0.477 e. The molecule has 102 valence electrons. The molecular formula is C11H17NO4S2. The SMILES string of the molecule is CCCC(C)N(C)S(=O)(=O)c1ccsc1C(=O)O. The Kier molecular flexibility index (Phi) is 4.89. The summed E-state index contributed by atoms with van der Waals surface area (Å²) in [5, 5.41) is 10.4. The third-order valence-corrected chi connectivity index (χ3v) is 5.85. The summed E-state index contributed by atoms with van der Waals surface area (Å²) < 4.78 is 25.8. The number of nitrogens with zero attached hydrogens (tertiary/aromatic N) is 1.